The van der Waals surface area contributed by atoms with Crippen LogP contribution in [0.1, 0.15) is 105 Å². The van der Waals surface area contributed by atoms with Crippen LogP contribution < -0.4 is 0 Å². The maximum atomic E-state index is 6.93. The van der Waals surface area contributed by atoms with Crippen LogP contribution in [0.5, 0.6) is 0 Å². The van der Waals surface area contributed by atoms with E-state index in [0.29, 0.717) is 28.8 Å². The lowest BCUT2D eigenvalue weighted by molar-refractivity contribution is -0.254. The van der Waals surface area contributed by atoms with E-state index in [1.807, 2.05) is 0 Å². The normalized spacial score (nSPS) is 60.5. The third-order valence-corrected chi connectivity index (χ3v) is 11.8. The quantitative estimate of drug-likeness (QED) is 0.437. The van der Waals surface area contributed by atoms with Crippen molar-refractivity contribution in [2.45, 2.75) is 123 Å². The fraction of sp³-hybridized carbons (Fsp3) is 1.00. The van der Waals surface area contributed by atoms with E-state index >= 15 is 0 Å². The zero-order chi connectivity index (χ0) is 20.2. The third kappa shape index (κ3) is 2.48. The summed E-state index contributed by atoms with van der Waals surface area (Å²) in [5.74, 6) is 4.84. The second kappa shape index (κ2) is 6.03. The van der Waals surface area contributed by atoms with Gasteiger partial charge in [-0.05, 0) is 106 Å². The molecule has 0 bridgehead atoms. The second-order valence-corrected chi connectivity index (χ2v) is 13.3. The summed E-state index contributed by atoms with van der Waals surface area (Å²) in [6.45, 7) is 12.4. The van der Waals surface area contributed by atoms with Crippen molar-refractivity contribution in [1.29, 1.82) is 0 Å². The zero-order valence-electron chi connectivity index (χ0n) is 19.6. The van der Waals surface area contributed by atoms with E-state index in [1.165, 1.54) is 57.8 Å². The van der Waals surface area contributed by atoms with Crippen LogP contribution in [0, 0.1) is 46.3 Å². The van der Waals surface area contributed by atoms with Crippen LogP contribution in [0.15, 0.2) is 0 Å². The first-order chi connectivity index (χ1) is 13.7. The van der Waals surface area contributed by atoms with Crippen LogP contribution in [0.3, 0.4) is 0 Å². The molecule has 0 radical (unpaired) electrons. The monoisotopic (exact) mass is 400 g/mol. The number of rotatable bonds is 0. The largest absolute Gasteiger partial charge is 0.346 e. The Morgan fingerprint density at radius 1 is 0.759 bits per heavy atom. The molecule has 1 spiro atoms. The Morgan fingerprint density at radius 3 is 2.34 bits per heavy atom. The first kappa shape index (κ1) is 19.6. The fourth-order valence-corrected chi connectivity index (χ4v) is 10.4. The van der Waals surface area contributed by atoms with Crippen LogP contribution in [0.2, 0.25) is 0 Å². The lowest BCUT2D eigenvalue weighted by atomic mass is 9.44. The predicted octanol–water partition coefficient (Wildman–Crippen LogP) is 6.97. The molecule has 6 fully saturated rings. The SMILES string of the molecule is C[C@H]1[C@H]2[C@H](C[C@H]3[C@@H]4CCC5CCCC[C@]5(C)[C@H]4CC[C@]23C)O[C@]12CCC(C)(C)O2. The first-order valence-corrected chi connectivity index (χ1v) is 13.1. The summed E-state index contributed by atoms with van der Waals surface area (Å²) in [7, 11) is 0. The van der Waals surface area contributed by atoms with Gasteiger partial charge in [0, 0.05) is 12.3 Å². The molecule has 10 atom stereocenters. The molecule has 29 heavy (non-hydrogen) atoms. The molecule has 6 rings (SSSR count). The van der Waals surface area contributed by atoms with Gasteiger partial charge in [0.25, 0.3) is 0 Å². The van der Waals surface area contributed by atoms with Gasteiger partial charge in [-0.25, -0.2) is 0 Å². The van der Waals surface area contributed by atoms with Crippen LogP contribution >= 0.6 is 0 Å². The van der Waals surface area contributed by atoms with Crippen molar-refractivity contribution in [3.05, 3.63) is 0 Å². The Morgan fingerprint density at radius 2 is 1.59 bits per heavy atom. The lowest BCUT2D eigenvalue weighted by Crippen LogP contribution is -2.53. The zero-order valence-corrected chi connectivity index (χ0v) is 19.6. The highest BCUT2D eigenvalue weighted by Crippen LogP contribution is 2.71. The Balaban J connectivity index is 1.29. The summed E-state index contributed by atoms with van der Waals surface area (Å²) in [6.07, 6.45) is 16.0. The van der Waals surface area contributed by atoms with Gasteiger partial charge in [-0.15, -0.1) is 0 Å². The topological polar surface area (TPSA) is 18.5 Å². The molecule has 0 aromatic rings. The molecule has 4 saturated carbocycles. The molecule has 0 aromatic heterocycles. The summed E-state index contributed by atoms with van der Waals surface area (Å²) in [5.41, 5.74) is 1.11. The maximum Gasteiger partial charge on any atom is 0.172 e. The van der Waals surface area contributed by atoms with E-state index in [-0.39, 0.29) is 11.4 Å². The summed E-state index contributed by atoms with van der Waals surface area (Å²) >= 11 is 0. The molecule has 2 saturated heterocycles. The minimum absolute atomic E-state index is 0.0151. The van der Waals surface area contributed by atoms with Crippen LogP contribution in [0.25, 0.3) is 0 Å². The fourth-order valence-electron chi connectivity index (χ4n) is 10.4. The Kier molecular flexibility index (Phi) is 4.08. The molecule has 164 valence electrons. The van der Waals surface area contributed by atoms with Crippen LogP contribution in [0.4, 0.5) is 0 Å². The van der Waals surface area contributed by atoms with Gasteiger partial charge in [0.2, 0.25) is 0 Å². The van der Waals surface area contributed by atoms with Crippen molar-refractivity contribution in [3.63, 3.8) is 0 Å². The highest BCUT2D eigenvalue weighted by molar-refractivity contribution is 5.15. The molecule has 0 N–H and O–H groups in total. The van der Waals surface area contributed by atoms with Gasteiger partial charge in [-0.2, -0.15) is 0 Å². The van der Waals surface area contributed by atoms with Crippen LogP contribution in [-0.4, -0.2) is 17.5 Å². The van der Waals surface area contributed by atoms with E-state index in [1.54, 1.807) is 0 Å². The van der Waals surface area contributed by atoms with Crippen molar-refractivity contribution < 1.29 is 9.47 Å². The molecule has 6 aliphatic rings. The minimum Gasteiger partial charge on any atom is -0.346 e. The van der Waals surface area contributed by atoms with Gasteiger partial charge < -0.3 is 9.47 Å². The minimum atomic E-state index is -0.281. The van der Waals surface area contributed by atoms with E-state index in [4.69, 9.17) is 9.47 Å². The van der Waals surface area contributed by atoms with Gasteiger partial charge in [0.05, 0.1) is 11.7 Å². The van der Waals surface area contributed by atoms with E-state index in [9.17, 15) is 0 Å². The van der Waals surface area contributed by atoms with Crippen molar-refractivity contribution in [2.24, 2.45) is 46.3 Å². The standard InChI is InChI=1S/C27H44O2/c1-17-23-22(28-27(17)15-14-24(2,3)29-27)16-21-19-10-9-18-8-6-7-12-25(18,4)20(19)11-13-26(21,23)5/h17-23H,6-16H2,1-5H3/t17-,18?,19+,20-,21-,22-,23-,25-,26-,27-/m0/s1. The number of hydrogen-bond acceptors (Lipinski definition) is 2. The molecule has 4 aliphatic carbocycles. The second-order valence-electron chi connectivity index (χ2n) is 13.3. The Bertz CT molecular complexity index is 686. The highest BCUT2D eigenvalue weighted by atomic mass is 16.7. The van der Waals surface area contributed by atoms with Crippen molar-refractivity contribution in [1.82, 2.24) is 0 Å². The van der Waals surface area contributed by atoms with Crippen molar-refractivity contribution in [2.75, 3.05) is 0 Å². The predicted molar refractivity (Wildman–Crippen MR) is 116 cm³/mol. The van der Waals surface area contributed by atoms with E-state index in [0.717, 1.165) is 36.5 Å². The number of ether oxygens (including phenoxy) is 2. The van der Waals surface area contributed by atoms with E-state index < -0.39 is 0 Å². The van der Waals surface area contributed by atoms with E-state index in [2.05, 4.69) is 34.6 Å². The molecule has 0 aromatic carbocycles. The lowest BCUT2D eigenvalue weighted by Gasteiger charge is -2.60. The maximum absolute atomic E-state index is 6.93. The Hall–Kier alpha value is -0.0800. The smallest absolute Gasteiger partial charge is 0.172 e. The summed E-state index contributed by atoms with van der Waals surface area (Å²) in [4.78, 5) is 0. The van der Waals surface area contributed by atoms with Crippen molar-refractivity contribution >= 4 is 0 Å². The summed E-state index contributed by atoms with van der Waals surface area (Å²) in [5, 5.41) is 0. The number of fused-ring (bicyclic) bond motifs is 7. The van der Waals surface area contributed by atoms with Crippen LogP contribution in [-0.2, 0) is 9.47 Å². The van der Waals surface area contributed by atoms with Gasteiger partial charge in [-0.1, -0.05) is 33.6 Å². The number of hydrogen-bond donors (Lipinski definition) is 0. The molecule has 2 heterocycles. The van der Waals surface area contributed by atoms with Gasteiger partial charge >= 0.3 is 0 Å². The molecular weight excluding hydrogens is 356 g/mol. The Labute approximate surface area is 178 Å². The molecule has 2 aliphatic heterocycles. The summed E-state index contributed by atoms with van der Waals surface area (Å²) in [6, 6.07) is 0. The van der Waals surface area contributed by atoms with Gasteiger partial charge in [-0.3, -0.25) is 0 Å². The van der Waals surface area contributed by atoms with Gasteiger partial charge in [0.1, 0.15) is 0 Å². The molecular formula is C27H44O2. The molecule has 1 unspecified atom stereocenters. The van der Waals surface area contributed by atoms with Crippen molar-refractivity contribution in [3.8, 4) is 0 Å². The molecule has 2 nitrogen and oxygen atoms in total. The average Bonchev–Trinajstić information content (AvgIpc) is 3.23. The summed E-state index contributed by atoms with van der Waals surface area (Å²) < 4.78 is 13.6. The van der Waals surface area contributed by atoms with Gasteiger partial charge in [0.15, 0.2) is 5.79 Å². The first-order valence-electron chi connectivity index (χ1n) is 13.1. The molecule has 2 heteroatoms. The highest BCUT2D eigenvalue weighted by Gasteiger charge is 2.70. The molecule has 0 amide bonds. The average molecular weight is 401 g/mol. The third-order valence-electron chi connectivity index (χ3n) is 11.8.